The van der Waals surface area contributed by atoms with Crippen LogP contribution in [0.3, 0.4) is 0 Å². The topological polar surface area (TPSA) is 48.1 Å². The van der Waals surface area contributed by atoms with Crippen LogP contribution in [0.1, 0.15) is 11.3 Å². The summed E-state index contributed by atoms with van der Waals surface area (Å²) in [5.41, 5.74) is 7.04. The smallest absolute Gasteiger partial charge is 0.148 e. The normalized spacial score (nSPS) is 10.1. The van der Waals surface area contributed by atoms with Gasteiger partial charge in [-0.05, 0) is 37.3 Å². The molecule has 0 saturated heterocycles. The van der Waals surface area contributed by atoms with Gasteiger partial charge in [-0.15, -0.1) is 0 Å². The van der Waals surface area contributed by atoms with Crippen molar-refractivity contribution in [2.24, 2.45) is 5.73 Å². The molecular formula is C13H11ClN2OS. The summed E-state index contributed by atoms with van der Waals surface area (Å²) in [6.07, 6.45) is 1.71. The molecule has 0 aliphatic rings. The summed E-state index contributed by atoms with van der Waals surface area (Å²) in [4.78, 5) is 4.45. The van der Waals surface area contributed by atoms with Crippen molar-refractivity contribution < 1.29 is 4.74 Å². The number of rotatable bonds is 3. The van der Waals surface area contributed by atoms with Crippen LogP contribution in [-0.4, -0.2) is 9.97 Å². The first-order chi connectivity index (χ1) is 8.58. The van der Waals surface area contributed by atoms with Crippen LogP contribution in [0.2, 0.25) is 5.02 Å². The lowest BCUT2D eigenvalue weighted by Gasteiger charge is -2.10. The quantitative estimate of drug-likeness (QED) is 0.874. The number of halogens is 1. The maximum Gasteiger partial charge on any atom is 0.148 e. The number of aryl methyl sites for hydroxylation is 1. The molecule has 0 amide bonds. The average molecular weight is 279 g/mol. The minimum atomic E-state index is 0.306. The Morgan fingerprint density at radius 1 is 1.33 bits per heavy atom. The highest BCUT2D eigenvalue weighted by atomic mass is 35.5. The van der Waals surface area contributed by atoms with Crippen molar-refractivity contribution >= 4 is 28.8 Å². The molecule has 0 unspecified atom stereocenters. The van der Waals surface area contributed by atoms with Gasteiger partial charge < -0.3 is 10.5 Å². The van der Waals surface area contributed by atoms with E-state index in [0.717, 1.165) is 5.69 Å². The number of benzene rings is 1. The third kappa shape index (κ3) is 2.78. The van der Waals surface area contributed by atoms with E-state index in [1.54, 1.807) is 30.5 Å². The first-order valence-electron chi connectivity index (χ1n) is 5.27. The summed E-state index contributed by atoms with van der Waals surface area (Å²) in [7, 11) is 0. The third-order valence-electron chi connectivity index (χ3n) is 2.39. The molecule has 5 heteroatoms. The van der Waals surface area contributed by atoms with Crippen molar-refractivity contribution in [2.75, 3.05) is 0 Å². The van der Waals surface area contributed by atoms with Crippen LogP contribution in [0.4, 0.5) is 0 Å². The fourth-order valence-electron chi connectivity index (χ4n) is 1.43. The second kappa shape index (κ2) is 5.33. The molecule has 0 aliphatic carbocycles. The molecule has 2 aromatic rings. The molecule has 0 aliphatic heterocycles. The Balaban J connectivity index is 2.30. The highest BCUT2D eigenvalue weighted by Crippen LogP contribution is 2.31. The largest absolute Gasteiger partial charge is 0.454 e. The maximum atomic E-state index is 6.12. The Hall–Kier alpha value is -1.65. The lowest BCUT2D eigenvalue weighted by Crippen LogP contribution is -2.08. The second-order valence-electron chi connectivity index (χ2n) is 3.70. The molecule has 0 spiro atoms. The summed E-state index contributed by atoms with van der Waals surface area (Å²) in [5.74, 6) is 1.22. The standard InChI is InChI=1S/C13H11ClN2OS/c1-8-11(3-2-6-16-8)17-12-5-4-9(13(15)18)7-10(12)14/h2-7H,1H3,(H2,15,18). The molecule has 2 N–H and O–H groups in total. The van der Waals surface area contributed by atoms with E-state index in [4.69, 9.17) is 34.3 Å². The van der Waals surface area contributed by atoms with Crippen molar-refractivity contribution in [1.82, 2.24) is 4.98 Å². The van der Waals surface area contributed by atoms with E-state index in [1.165, 1.54) is 0 Å². The van der Waals surface area contributed by atoms with Crippen LogP contribution in [0.5, 0.6) is 11.5 Å². The minimum Gasteiger partial charge on any atom is -0.454 e. The monoisotopic (exact) mass is 278 g/mol. The van der Waals surface area contributed by atoms with Crippen molar-refractivity contribution in [3.63, 3.8) is 0 Å². The number of hydrogen-bond donors (Lipinski definition) is 1. The van der Waals surface area contributed by atoms with Gasteiger partial charge in [-0.25, -0.2) is 0 Å². The number of ether oxygens (including phenoxy) is 1. The van der Waals surface area contributed by atoms with Gasteiger partial charge in [-0.3, -0.25) is 4.98 Å². The van der Waals surface area contributed by atoms with Crippen molar-refractivity contribution in [2.45, 2.75) is 6.92 Å². The Labute approximate surface area is 116 Å². The van der Waals surface area contributed by atoms with Gasteiger partial charge in [0.25, 0.3) is 0 Å². The lowest BCUT2D eigenvalue weighted by molar-refractivity contribution is 0.476. The van der Waals surface area contributed by atoms with Crippen LogP contribution >= 0.6 is 23.8 Å². The predicted octanol–water partition coefficient (Wildman–Crippen LogP) is 3.47. The van der Waals surface area contributed by atoms with Crippen LogP contribution in [0, 0.1) is 6.92 Å². The molecule has 18 heavy (non-hydrogen) atoms. The molecule has 1 heterocycles. The van der Waals surface area contributed by atoms with Gasteiger partial charge in [0.05, 0.1) is 10.7 Å². The molecule has 0 saturated carbocycles. The molecule has 0 bridgehead atoms. The number of thiocarbonyl (C=S) groups is 1. The first kappa shape index (κ1) is 12.8. The first-order valence-corrected chi connectivity index (χ1v) is 6.05. The van der Waals surface area contributed by atoms with E-state index in [1.807, 2.05) is 13.0 Å². The minimum absolute atomic E-state index is 0.306. The SMILES string of the molecule is Cc1ncccc1Oc1ccc(C(N)=S)cc1Cl. The number of nitrogens with two attached hydrogens (primary N) is 1. The number of aromatic nitrogens is 1. The highest BCUT2D eigenvalue weighted by Gasteiger charge is 2.07. The molecule has 0 radical (unpaired) electrons. The van der Waals surface area contributed by atoms with Gasteiger partial charge in [0.2, 0.25) is 0 Å². The van der Waals surface area contributed by atoms with Crippen molar-refractivity contribution in [3.05, 3.63) is 52.8 Å². The Morgan fingerprint density at radius 3 is 2.72 bits per heavy atom. The molecule has 1 aromatic carbocycles. The zero-order valence-corrected chi connectivity index (χ0v) is 11.3. The number of pyridine rings is 1. The number of hydrogen-bond acceptors (Lipinski definition) is 3. The molecule has 3 nitrogen and oxygen atoms in total. The second-order valence-corrected chi connectivity index (χ2v) is 4.55. The third-order valence-corrected chi connectivity index (χ3v) is 2.93. The molecule has 0 atom stereocenters. The Bertz CT molecular complexity index is 601. The van der Waals surface area contributed by atoms with Gasteiger partial charge in [0.15, 0.2) is 0 Å². The summed E-state index contributed by atoms with van der Waals surface area (Å²) in [6, 6.07) is 8.84. The Morgan fingerprint density at radius 2 is 2.11 bits per heavy atom. The van der Waals surface area contributed by atoms with Crippen LogP contribution in [-0.2, 0) is 0 Å². The average Bonchev–Trinajstić information content (AvgIpc) is 2.34. The Kier molecular flexibility index (Phi) is 3.79. The molecule has 1 aromatic heterocycles. The zero-order chi connectivity index (χ0) is 13.1. The lowest BCUT2D eigenvalue weighted by atomic mass is 10.2. The van der Waals surface area contributed by atoms with Gasteiger partial charge in [0.1, 0.15) is 16.5 Å². The summed E-state index contributed by atoms with van der Waals surface area (Å²) < 4.78 is 5.70. The van der Waals surface area contributed by atoms with E-state index in [0.29, 0.717) is 27.1 Å². The van der Waals surface area contributed by atoms with Gasteiger partial charge >= 0.3 is 0 Å². The fourth-order valence-corrected chi connectivity index (χ4v) is 1.78. The van der Waals surface area contributed by atoms with E-state index >= 15 is 0 Å². The highest BCUT2D eigenvalue weighted by molar-refractivity contribution is 7.80. The predicted molar refractivity (Wildman–Crippen MR) is 76.4 cm³/mol. The summed E-state index contributed by atoms with van der Waals surface area (Å²) in [5, 5.41) is 0.462. The summed E-state index contributed by atoms with van der Waals surface area (Å²) in [6.45, 7) is 1.87. The fraction of sp³-hybridized carbons (Fsp3) is 0.0769. The van der Waals surface area contributed by atoms with Crippen LogP contribution in [0.15, 0.2) is 36.5 Å². The molecular weight excluding hydrogens is 268 g/mol. The van der Waals surface area contributed by atoms with Crippen LogP contribution in [0.25, 0.3) is 0 Å². The molecule has 92 valence electrons. The van der Waals surface area contributed by atoms with Gasteiger partial charge in [-0.2, -0.15) is 0 Å². The van der Waals surface area contributed by atoms with E-state index in [9.17, 15) is 0 Å². The maximum absolute atomic E-state index is 6.12. The van der Waals surface area contributed by atoms with Gasteiger partial charge in [0, 0.05) is 11.8 Å². The van der Waals surface area contributed by atoms with Crippen molar-refractivity contribution in [1.29, 1.82) is 0 Å². The van der Waals surface area contributed by atoms with E-state index < -0.39 is 0 Å². The van der Waals surface area contributed by atoms with Crippen LogP contribution < -0.4 is 10.5 Å². The van der Waals surface area contributed by atoms with Gasteiger partial charge in [-0.1, -0.05) is 23.8 Å². The van der Waals surface area contributed by atoms with Crippen molar-refractivity contribution in [3.8, 4) is 11.5 Å². The number of nitrogens with zero attached hydrogens (tertiary/aromatic N) is 1. The molecule has 2 rings (SSSR count). The van der Waals surface area contributed by atoms with E-state index in [-0.39, 0.29) is 0 Å². The zero-order valence-electron chi connectivity index (χ0n) is 9.68. The molecule has 0 fully saturated rings. The summed E-state index contributed by atoms with van der Waals surface area (Å²) >= 11 is 11.0. The van der Waals surface area contributed by atoms with E-state index in [2.05, 4.69) is 4.98 Å².